The van der Waals surface area contributed by atoms with Gasteiger partial charge in [0.25, 0.3) is 0 Å². The molecule has 1 aromatic carbocycles. The molecule has 1 heterocycles. The summed E-state index contributed by atoms with van der Waals surface area (Å²) >= 11 is 0. The fourth-order valence-electron chi connectivity index (χ4n) is 2.72. The Bertz CT molecular complexity index is 531. The van der Waals surface area contributed by atoms with Gasteiger partial charge < -0.3 is 15.1 Å². The summed E-state index contributed by atoms with van der Waals surface area (Å²) in [7, 11) is 2.03. The zero-order valence-electron chi connectivity index (χ0n) is 10.7. The molecule has 0 amide bonds. The van der Waals surface area contributed by atoms with Crippen molar-refractivity contribution in [1.82, 2.24) is 10.3 Å². The quantitative estimate of drug-likeness (QED) is 0.850. The maximum Gasteiger partial charge on any atom is 0.181 e. The molecule has 0 aliphatic heterocycles. The van der Waals surface area contributed by atoms with Crippen molar-refractivity contribution in [3.05, 3.63) is 24.6 Å². The van der Waals surface area contributed by atoms with Crippen LogP contribution in [0.1, 0.15) is 19.3 Å². The molecular weight excluding hydrogens is 226 g/mol. The number of fused-ring (bicyclic) bond motifs is 1. The highest BCUT2D eigenvalue weighted by atomic mass is 16.3. The first-order chi connectivity index (χ1) is 8.81. The standard InChI is InChI=1S/C14H19N3O/c1-15-8-14(5-2-6-14)9-16-11-3-4-12-13(7-11)18-10-17-12/h3-4,7,10,15-16H,2,5-6,8-9H2,1H3. The summed E-state index contributed by atoms with van der Waals surface area (Å²) in [6, 6.07) is 6.08. The molecule has 4 nitrogen and oxygen atoms in total. The van der Waals surface area contributed by atoms with Gasteiger partial charge in [0.1, 0.15) is 5.52 Å². The van der Waals surface area contributed by atoms with E-state index in [0.29, 0.717) is 5.41 Å². The van der Waals surface area contributed by atoms with Crippen molar-refractivity contribution in [2.45, 2.75) is 19.3 Å². The van der Waals surface area contributed by atoms with E-state index >= 15 is 0 Å². The first-order valence-electron chi connectivity index (χ1n) is 6.53. The van der Waals surface area contributed by atoms with Crippen LogP contribution < -0.4 is 10.6 Å². The third-order valence-electron chi connectivity index (χ3n) is 3.96. The van der Waals surface area contributed by atoms with Crippen molar-refractivity contribution in [3.63, 3.8) is 0 Å². The number of benzene rings is 1. The number of aromatic nitrogens is 1. The molecule has 0 spiro atoms. The predicted octanol–water partition coefficient (Wildman–Crippen LogP) is 2.63. The molecule has 1 fully saturated rings. The monoisotopic (exact) mass is 245 g/mol. The second kappa shape index (κ2) is 4.61. The molecule has 0 saturated heterocycles. The van der Waals surface area contributed by atoms with E-state index in [4.69, 9.17) is 4.42 Å². The van der Waals surface area contributed by atoms with Crippen molar-refractivity contribution in [2.24, 2.45) is 5.41 Å². The third kappa shape index (κ3) is 2.08. The van der Waals surface area contributed by atoms with Gasteiger partial charge >= 0.3 is 0 Å². The van der Waals surface area contributed by atoms with E-state index in [0.717, 1.165) is 29.9 Å². The number of nitrogens with one attached hydrogen (secondary N) is 2. The fourth-order valence-corrected chi connectivity index (χ4v) is 2.72. The van der Waals surface area contributed by atoms with Crippen LogP contribution in [0.4, 0.5) is 5.69 Å². The van der Waals surface area contributed by atoms with Crippen LogP contribution in [0.2, 0.25) is 0 Å². The Kier molecular flexibility index (Phi) is 2.96. The number of rotatable bonds is 5. The van der Waals surface area contributed by atoms with Gasteiger partial charge in [-0.15, -0.1) is 0 Å². The van der Waals surface area contributed by atoms with Crippen molar-refractivity contribution < 1.29 is 4.42 Å². The molecule has 1 aliphatic carbocycles. The highest BCUT2D eigenvalue weighted by molar-refractivity contribution is 5.76. The Morgan fingerprint density at radius 2 is 2.22 bits per heavy atom. The normalized spacial score (nSPS) is 17.6. The lowest BCUT2D eigenvalue weighted by molar-refractivity contribution is 0.151. The van der Waals surface area contributed by atoms with Crippen LogP contribution in [0.5, 0.6) is 0 Å². The minimum absolute atomic E-state index is 0.436. The molecule has 96 valence electrons. The molecule has 4 heteroatoms. The Balaban J connectivity index is 1.68. The average Bonchev–Trinajstić information content (AvgIpc) is 2.79. The third-order valence-corrected chi connectivity index (χ3v) is 3.96. The Morgan fingerprint density at radius 3 is 2.94 bits per heavy atom. The number of anilines is 1. The summed E-state index contributed by atoms with van der Waals surface area (Å²) < 4.78 is 5.31. The van der Waals surface area contributed by atoms with E-state index < -0.39 is 0 Å². The molecule has 3 rings (SSSR count). The lowest BCUT2D eigenvalue weighted by Crippen LogP contribution is -2.44. The summed E-state index contributed by atoms with van der Waals surface area (Å²) in [6.45, 7) is 2.11. The smallest absolute Gasteiger partial charge is 0.181 e. The second-order valence-corrected chi connectivity index (χ2v) is 5.27. The van der Waals surface area contributed by atoms with Gasteiger partial charge in [-0.05, 0) is 32.0 Å². The zero-order valence-corrected chi connectivity index (χ0v) is 10.7. The highest BCUT2D eigenvalue weighted by Gasteiger charge is 2.35. The summed E-state index contributed by atoms with van der Waals surface area (Å²) in [5, 5.41) is 6.83. The van der Waals surface area contributed by atoms with Crippen LogP contribution >= 0.6 is 0 Å². The van der Waals surface area contributed by atoms with Crippen LogP contribution in [0.25, 0.3) is 11.1 Å². The molecule has 18 heavy (non-hydrogen) atoms. The van der Waals surface area contributed by atoms with Crippen molar-refractivity contribution in [2.75, 3.05) is 25.5 Å². The second-order valence-electron chi connectivity index (χ2n) is 5.27. The van der Waals surface area contributed by atoms with Gasteiger partial charge in [0.2, 0.25) is 0 Å². The number of hydrogen-bond acceptors (Lipinski definition) is 4. The zero-order chi connectivity index (χ0) is 12.4. The van der Waals surface area contributed by atoms with E-state index in [1.54, 1.807) is 0 Å². The van der Waals surface area contributed by atoms with E-state index in [-0.39, 0.29) is 0 Å². The summed E-state index contributed by atoms with van der Waals surface area (Å²) in [5.41, 5.74) is 3.30. The van der Waals surface area contributed by atoms with Crippen LogP contribution in [-0.2, 0) is 0 Å². The van der Waals surface area contributed by atoms with Crippen molar-refractivity contribution in [3.8, 4) is 0 Å². The molecule has 0 unspecified atom stereocenters. The first kappa shape index (κ1) is 11.5. The van der Waals surface area contributed by atoms with Gasteiger partial charge in [-0.1, -0.05) is 6.42 Å². The highest BCUT2D eigenvalue weighted by Crippen LogP contribution is 2.40. The maximum atomic E-state index is 5.31. The van der Waals surface area contributed by atoms with Crippen LogP contribution in [0.3, 0.4) is 0 Å². The van der Waals surface area contributed by atoms with Crippen LogP contribution in [-0.4, -0.2) is 25.1 Å². The van der Waals surface area contributed by atoms with Gasteiger partial charge in [0, 0.05) is 30.3 Å². The van der Waals surface area contributed by atoms with Gasteiger partial charge in [0.05, 0.1) is 0 Å². The molecule has 0 bridgehead atoms. The molecule has 1 saturated carbocycles. The summed E-state index contributed by atoms with van der Waals surface area (Å²) in [6.07, 6.45) is 5.46. The van der Waals surface area contributed by atoms with E-state index in [1.165, 1.54) is 25.7 Å². The molecule has 1 aliphatic rings. The molecule has 0 atom stereocenters. The van der Waals surface area contributed by atoms with E-state index in [2.05, 4.69) is 21.7 Å². The Labute approximate surface area is 107 Å². The molecule has 2 N–H and O–H groups in total. The lowest BCUT2D eigenvalue weighted by atomic mass is 9.68. The van der Waals surface area contributed by atoms with Crippen molar-refractivity contribution >= 4 is 16.8 Å². The summed E-state index contributed by atoms with van der Waals surface area (Å²) in [5.74, 6) is 0. The molecule has 2 aromatic rings. The Morgan fingerprint density at radius 1 is 1.33 bits per heavy atom. The van der Waals surface area contributed by atoms with Crippen LogP contribution in [0.15, 0.2) is 29.0 Å². The number of oxazole rings is 1. The van der Waals surface area contributed by atoms with Crippen molar-refractivity contribution in [1.29, 1.82) is 0 Å². The van der Waals surface area contributed by atoms with Gasteiger partial charge in [0.15, 0.2) is 12.0 Å². The maximum absolute atomic E-state index is 5.31. The minimum Gasteiger partial charge on any atom is -0.443 e. The molecule has 1 aromatic heterocycles. The topological polar surface area (TPSA) is 50.1 Å². The average molecular weight is 245 g/mol. The minimum atomic E-state index is 0.436. The Hall–Kier alpha value is -1.55. The first-order valence-corrected chi connectivity index (χ1v) is 6.53. The predicted molar refractivity (Wildman–Crippen MR) is 72.7 cm³/mol. The SMILES string of the molecule is CNCC1(CNc2ccc3ncoc3c2)CCC1. The van der Waals surface area contributed by atoms with E-state index in [1.807, 2.05) is 19.2 Å². The van der Waals surface area contributed by atoms with Gasteiger partial charge in [-0.3, -0.25) is 0 Å². The molecule has 0 radical (unpaired) electrons. The van der Waals surface area contributed by atoms with Gasteiger partial charge in [-0.2, -0.15) is 0 Å². The summed E-state index contributed by atoms with van der Waals surface area (Å²) in [4.78, 5) is 4.12. The van der Waals surface area contributed by atoms with E-state index in [9.17, 15) is 0 Å². The fraction of sp³-hybridized carbons (Fsp3) is 0.500. The number of hydrogen-bond donors (Lipinski definition) is 2. The largest absolute Gasteiger partial charge is 0.443 e. The van der Waals surface area contributed by atoms with Gasteiger partial charge in [-0.25, -0.2) is 4.98 Å². The lowest BCUT2D eigenvalue weighted by Gasteiger charge is -2.42. The van der Waals surface area contributed by atoms with Crippen LogP contribution in [0, 0.1) is 5.41 Å². The molecular formula is C14H19N3O. The number of nitrogens with zero attached hydrogens (tertiary/aromatic N) is 1.